The number of unbranched alkanes of at least 4 members (excludes halogenated alkanes) is 3. The van der Waals surface area contributed by atoms with Crippen LogP contribution in [0.4, 0.5) is 0 Å². The van der Waals surface area contributed by atoms with Crippen molar-refractivity contribution in [3.8, 4) is 0 Å². The highest BCUT2D eigenvalue weighted by molar-refractivity contribution is 5.78. The second-order valence-corrected chi connectivity index (χ2v) is 4.77. The molecular formula is C13H26N2O3. The Kier molecular flexibility index (Phi) is 8.81. The maximum absolute atomic E-state index is 11.6. The van der Waals surface area contributed by atoms with Gasteiger partial charge in [0.2, 0.25) is 5.91 Å². The fourth-order valence-corrected chi connectivity index (χ4v) is 2.04. The molecule has 1 heterocycles. The van der Waals surface area contributed by atoms with E-state index in [4.69, 9.17) is 9.84 Å². The highest BCUT2D eigenvalue weighted by Gasteiger charge is 2.15. The maximum Gasteiger partial charge on any atom is 0.234 e. The van der Waals surface area contributed by atoms with Crippen molar-refractivity contribution in [1.29, 1.82) is 0 Å². The summed E-state index contributed by atoms with van der Waals surface area (Å²) in [6.07, 6.45) is 5.95. The van der Waals surface area contributed by atoms with Crippen LogP contribution in [-0.4, -0.2) is 50.0 Å². The Morgan fingerprint density at radius 2 is 1.89 bits per heavy atom. The molecule has 0 aromatic carbocycles. The lowest BCUT2D eigenvalue weighted by Crippen LogP contribution is -2.43. The summed E-state index contributed by atoms with van der Waals surface area (Å²) in [5.74, 6) is 0.0808. The van der Waals surface area contributed by atoms with Crippen LogP contribution in [-0.2, 0) is 9.53 Å². The van der Waals surface area contributed by atoms with Crippen molar-refractivity contribution in [3.05, 3.63) is 0 Å². The molecule has 1 aliphatic rings. The molecule has 0 spiro atoms. The molecule has 5 nitrogen and oxygen atoms in total. The van der Waals surface area contributed by atoms with Gasteiger partial charge in [-0.25, -0.2) is 0 Å². The monoisotopic (exact) mass is 258 g/mol. The van der Waals surface area contributed by atoms with Crippen molar-refractivity contribution in [1.82, 2.24) is 10.6 Å². The first-order valence-corrected chi connectivity index (χ1v) is 7.01. The number of rotatable bonds is 9. The zero-order chi connectivity index (χ0) is 13.1. The Balaban J connectivity index is 1.90. The van der Waals surface area contributed by atoms with Crippen molar-refractivity contribution < 1.29 is 14.6 Å². The summed E-state index contributed by atoms with van der Waals surface area (Å²) in [7, 11) is 0. The number of amides is 1. The number of hydrogen-bond acceptors (Lipinski definition) is 4. The van der Waals surface area contributed by atoms with Gasteiger partial charge in [-0.3, -0.25) is 4.79 Å². The van der Waals surface area contributed by atoms with Gasteiger partial charge in [-0.15, -0.1) is 0 Å². The van der Waals surface area contributed by atoms with Gasteiger partial charge < -0.3 is 20.5 Å². The van der Waals surface area contributed by atoms with Crippen molar-refractivity contribution in [2.45, 2.75) is 44.6 Å². The van der Waals surface area contributed by atoms with Gasteiger partial charge in [0.15, 0.2) is 0 Å². The van der Waals surface area contributed by atoms with E-state index in [0.717, 1.165) is 58.3 Å². The maximum atomic E-state index is 11.6. The third-order valence-electron chi connectivity index (χ3n) is 3.13. The molecule has 0 bridgehead atoms. The highest BCUT2D eigenvalue weighted by atomic mass is 16.5. The lowest BCUT2D eigenvalue weighted by atomic mass is 10.1. The van der Waals surface area contributed by atoms with Crippen LogP contribution in [0.3, 0.4) is 0 Å². The predicted molar refractivity (Wildman–Crippen MR) is 70.4 cm³/mol. The van der Waals surface area contributed by atoms with E-state index in [2.05, 4.69) is 10.6 Å². The molecule has 0 radical (unpaired) electrons. The second kappa shape index (κ2) is 10.3. The number of aliphatic hydroxyl groups is 1. The molecule has 18 heavy (non-hydrogen) atoms. The number of carbonyl (C=O) groups excluding carboxylic acids is 1. The van der Waals surface area contributed by atoms with Gasteiger partial charge in [0.1, 0.15) is 0 Å². The summed E-state index contributed by atoms with van der Waals surface area (Å²) in [6, 6.07) is 0.289. The topological polar surface area (TPSA) is 70.6 Å². The van der Waals surface area contributed by atoms with E-state index in [1.807, 2.05) is 0 Å². The number of ether oxygens (including phenoxy) is 1. The number of hydrogen-bond donors (Lipinski definition) is 3. The molecule has 0 aliphatic carbocycles. The van der Waals surface area contributed by atoms with E-state index in [1.165, 1.54) is 0 Å². The first-order valence-electron chi connectivity index (χ1n) is 7.01. The number of carbonyl (C=O) groups is 1. The van der Waals surface area contributed by atoms with E-state index in [9.17, 15) is 4.79 Å². The molecule has 106 valence electrons. The fourth-order valence-electron chi connectivity index (χ4n) is 2.04. The standard InChI is InChI=1S/C13H26N2O3/c16-8-4-2-1-3-7-14-11-13(17)15-12-5-9-18-10-6-12/h12,14,16H,1-11H2,(H,15,17). The molecule has 1 amide bonds. The smallest absolute Gasteiger partial charge is 0.234 e. The third-order valence-corrected chi connectivity index (χ3v) is 3.13. The molecule has 3 N–H and O–H groups in total. The van der Waals surface area contributed by atoms with Crippen LogP contribution in [0.1, 0.15) is 38.5 Å². The summed E-state index contributed by atoms with van der Waals surface area (Å²) in [6.45, 7) is 3.05. The van der Waals surface area contributed by atoms with E-state index in [0.29, 0.717) is 6.54 Å². The SMILES string of the molecule is O=C(CNCCCCCCO)NC1CCOCC1. The molecule has 0 aromatic heterocycles. The van der Waals surface area contributed by atoms with E-state index in [-0.39, 0.29) is 18.6 Å². The normalized spacial score (nSPS) is 16.7. The molecule has 0 saturated carbocycles. The number of nitrogens with one attached hydrogen (secondary N) is 2. The highest BCUT2D eigenvalue weighted by Crippen LogP contribution is 2.05. The van der Waals surface area contributed by atoms with Crippen LogP contribution in [0.2, 0.25) is 0 Å². The quantitative estimate of drug-likeness (QED) is 0.524. The molecule has 1 rings (SSSR count). The lowest BCUT2D eigenvalue weighted by molar-refractivity contribution is -0.121. The van der Waals surface area contributed by atoms with Crippen molar-refractivity contribution in [3.63, 3.8) is 0 Å². The molecular weight excluding hydrogens is 232 g/mol. The minimum atomic E-state index is 0.0808. The van der Waals surface area contributed by atoms with Crippen LogP contribution >= 0.6 is 0 Å². The molecule has 5 heteroatoms. The van der Waals surface area contributed by atoms with Crippen molar-refractivity contribution in [2.75, 3.05) is 32.9 Å². The Bertz CT molecular complexity index is 218. The van der Waals surface area contributed by atoms with Gasteiger partial charge in [0.25, 0.3) is 0 Å². The van der Waals surface area contributed by atoms with Gasteiger partial charge in [-0.2, -0.15) is 0 Å². The van der Waals surface area contributed by atoms with Crippen LogP contribution in [0, 0.1) is 0 Å². The molecule has 0 unspecified atom stereocenters. The van der Waals surface area contributed by atoms with Crippen LogP contribution in [0.25, 0.3) is 0 Å². The third kappa shape index (κ3) is 7.63. The summed E-state index contributed by atoms with van der Waals surface area (Å²) in [5, 5.41) is 14.8. The Morgan fingerprint density at radius 3 is 2.61 bits per heavy atom. The van der Waals surface area contributed by atoms with Crippen LogP contribution < -0.4 is 10.6 Å². The summed E-state index contributed by atoms with van der Waals surface area (Å²) in [5.41, 5.74) is 0. The predicted octanol–water partition coefficient (Wildman–Crippen LogP) is 0.424. The molecule has 0 atom stereocenters. The minimum Gasteiger partial charge on any atom is -0.396 e. The van der Waals surface area contributed by atoms with Crippen molar-refractivity contribution in [2.24, 2.45) is 0 Å². The minimum absolute atomic E-state index is 0.0808. The molecule has 1 saturated heterocycles. The second-order valence-electron chi connectivity index (χ2n) is 4.77. The van der Waals surface area contributed by atoms with Gasteiger partial charge in [0.05, 0.1) is 6.54 Å². The molecule has 1 aliphatic heterocycles. The number of aliphatic hydroxyl groups excluding tert-OH is 1. The van der Waals surface area contributed by atoms with Crippen LogP contribution in [0.5, 0.6) is 0 Å². The summed E-state index contributed by atoms with van der Waals surface area (Å²) < 4.78 is 5.24. The Morgan fingerprint density at radius 1 is 1.17 bits per heavy atom. The lowest BCUT2D eigenvalue weighted by Gasteiger charge is -2.23. The van der Waals surface area contributed by atoms with Gasteiger partial charge in [0, 0.05) is 25.9 Å². The Labute approximate surface area is 109 Å². The van der Waals surface area contributed by atoms with Gasteiger partial charge in [-0.1, -0.05) is 12.8 Å². The van der Waals surface area contributed by atoms with Crippen LogP contribution in [0.15, 0.2) is 0 Å². The Hall–Kier alpha value is -0.650. The first-order chi connectivity index (χ1) is 8.83. The molecule has 1 fully saturated rings. The van der Waals surface area contributed by atoms with Gasteiger partial charge >= 0.3 is 0 Å². The average Bonchev–Trinajstić information content (AvgIpc) is 2.39. The molecule has 0 aromatic rings. The van der Waals surface area contributed by atoms with E-state index < -0.39 is 0 Å². The largest absolute Gasteiger partial charge is 0.396 e. The van der Waals surface area contributed by atoms with E-state index >= 15 is 0 Å². The zero-order valence-electron chi connectivity index (χ0n) is 11.1. The summed E-state index contributed by atoms with van der Waals surface area (Å²) in [4.78, 5) is 11.6. The van der Waals surface area contributed by atoms with Crippen molar-refractivity contribution >= 4 is 5.91 Å². The zero-order valence-corrected chi connectivity index (χ0v) is 11.1. The fraction of sp³-hybridized carbons (Fsp3) is 0.923. The summed E-state index contributed by atoms with van der Waals surface area (Å²) >= 11 is 0. The van der Waals surface area contributed by atoms with E-state index in [1.54, 1.807) is 0 Å². The first kappa shape index (κ1) is 15.4. The average molecular weight is 258 g/mol. The van der Waals surface area contributed by atoms with Gasteiger partial charge in [-0.05, 0) is 32.2 Å².